The highest BCUT2D eigenvalue weighted by atomic mass is 16.5. The predicted octanol–water partition coefficient (Wildman–Crippen LogP) is 2.73. The molecule has 0 bridgehead atoms. The fourth-order valence-electron chi connectivity index (χ4n) is 3.16. The van der Waals surface area contributed by atoms with E-state index >= 15 is 0 Å². The first kappa shape index (κ1) is 19.4. The SMILES string of the molecule is CN(C)C(=NCc1ccccc1)NCc1ccccc1CN1CCOCC1. The Bertz CT molecular complexity index is 724. The molecule has 1 N–H and O–H groups in total. The van der Waals surface area contributed by atoms with Crippen LogP contribution in [0.15, 0.2) is 59.6 Å². The summed E-state index contributed by atoms with van der Waals surface area (Å²) in [5.74, 6) is 0.903. The van der Waals surface area contributed by atoms with Gasteiger partial charge >= 0.3 is 0 Å². The van der Waals surface area contributed by atoms with Crippen LogP contribution in [0.3, 0.4) is 0 Å². The molecule has 1 fully saturated rings. The van der Waals surface area contributed by atoms with Gasteiger partial charge in [-0.25, -0.2) is 4.99 Å². The lowest BCUT2D eigenvalue weighted by atomic mass is 10.1. The van der Waals surface area contributed by atoms with Crippen LogP contribution in [-0.2, 0) is 24.4 Å². The van der Waals surface area contributed by atoms with E-state index < -0.39 is 0 Å². The Morgan fingerprint density at radius 3 is 2.37 bits per heavy atom. The van der Waals surface area contributed by atoms with E-state index in [0.717, 1.165) is 45.4 Å². The molecule has 2 aromatic carbocycles. The van der Waals surface area contributed by atoms with Gasteiger partial charge in [0.25, 0.3) is 0 Å². The minimum Gasteiger partial charge on any atom is -0.379 e. The zero-order valence-electron chi connectivity index (χ0n) is 16.4. The number of benzene rings is 2. The lowest BCUT2D eigenvalue weighted by Gasteiger charge is -2.27. The van der Waals surface area contributed by atoms with E-state index in [4.69, 9.17) is 9.73 Å². The summed E-state index contributed by atoms with van der Waals surface area (Å²) in [5, 5.41) is 3.52. The lowest BCUT2D eigenvalue weighted by molar-refractivity contribution is 0.0341. The minimum atomic E-state index is 0.677. The van der Waals surface area contributed by atoms with Crippen LogP contribution < -0.4 is 5.32 Å². The first-order valence-corrected chi connectivity index (χ1v) is 9.59. The van der Waals surface area contributed by atoms with E-state index in [9.17, 15) is 0 Å². The van der Waals surface area contributed by atoms with Gasteiger partial charge in [-0.05, 0) is 16.7 Å². The number of morpholine rings is 1. The van der Waals surface area contributed by atoms with Gasteiger partial charge in [-0.15, -0.1) is 0 Å². The molecular weight excluding hydrogens is 336 g/mol. The summed E-state index contributed by atoms with van der Waals surface area (Å²) in [5.41, 5.74) is 3.90. The molecule has 0 aromatic heterocycles. The molecule has 1 heterocycles. The van der Waals surface area contributed by atoms with E-state index in [1.54, 1.807) is 0 Å². The maximum Gasteiger partial charge on any atom is 0.194 e. The molecule has 27 heavy (non-hydrogen) atoms. The van der Waals surface area contributed by atoms with Gasteiger partial charge in [0.05, 0.1) is 19.8 Å². The molecular formula is C22H30N4O. The highest BCUT2D eigenvalue weighted by molar-refractivity contribution is 5.79. The second kappa shape index (κ2) is 10.1. The number of ether oxygens (including phenoxy) is 1. The third kappa shape index (κ3) is 6.08. The van der Waals surface area contributed by atoms with Crippen molar-refractivity contribution in [2.24, 2.45) is 4.99 Å². The molecule has 0 unspecified atom stereocenters. The number of hydrogen-bond acceptors (Lipinski definition) is 3. The molecule has 144 valence electrons. The quantitative estimate of drug-likeness (QED) is 0.630. The van der Waals surface area contributed by atoms with Crippen molar-refractivity contribution in [2.75, 3.05) is 40.4 Å². The third-order valence-corrected chi connectivity index (χ3v) is 4.73. The molecule has 2 aromatic rings. The van der Waals surface area contributed by atoms with E-state index in [1.165, 1.54) is 16.7 Å². The molecule has 1 aliphatic heterocycles. The number of guanidine groups is 1. The third-order valence-electron chi connectivity index (χ3n) is 4.73. The van der Waals surface area contributed by atoms with Crippen molar-refractivity contribution in [3.63, 3.8) is 0 Å². The van der Waals surface area contributed by atoms with Crippen molar-refractivity contribution in [3.05, 3.63) is 71.3 Å². The van der Waals surface area contributed by atoms with Crippen molar-refractivity contribution >= 4 is 5.96 Å². The van der Waals surface area contributed by atoms with Gasteiger partial charge in [-0.3, -0.25) is 4.90 Å². The molecule has 1 aliphatic rings. The zero-order chi connectivity index (χ0) is 18.9. The van der Waals surface area contributed by atoms with Crippen LogP contribution in [0.4, 0.5) is 0 Å². The first-order valence-electron chi connectivity index (χ1n) is 9.59. The average molecular weight is 367 g/mol. The molecule has 0 amide bonds. The smallest absolute Gasteiger partial charge is 0.194 e. The van der Waals surface area contributed by atoms with Crippen molar-refractivity contribution < 1.29 is 4.74 Å². The average Bonchev–Trinajstić information content (AvgIpc) is 2.70. The molecule has 0 aliphatic carbocycles. The van der Waals surface area contributed by atoms with Crippen molar-refractivity contribution in [1.29, 1.82) is 0 Å². The second-order valence-electron chi connectivity index (χ2n) is 7.03. The van der Waals surface area contributed by atoms with Crippen LogP contribution in [0.2, 0.25) is 0 Å². The van der Waals surface area contributed by atoms with E-state index in [-0.39, 0.29) is 0 Å². The standard InChI is InChI=1S/C22H30N4O/c1-25(2)22(23-16-19-8-4-3-5-9-19)24-17-20-10-6-7-11-21(20)18-26-12-14-27-15-13-26/h3-11H,12-18H2,1-2H3,(H,23,24). The number of nitrogens with one attached hydrogen (secondary N) is 1. The lowest BCUT2D eigenvalue weighted by Crippen LogP contribution is -2.37. The number of aliphatic imine (C=N–C) groups is 1. The van der Waals surface area contributed by atoms with Crippen LogP contribution in [0, 0.1) is 0 Å². The van der Waals surface area contributed by atoms with Gasteiger partial charge in [0, 0.05) is 40.3 Å². The van der Waals surface area contributed by atoms with Crippen LogP contribution in [0.1, 0.15) is 16.7 Å². The Labute approximate surface area is 162 Å². The molecule has 1 saturated heterocycles. The Kier molecular flexibility index (Phi) is 7.25. The number of nitrogens with zero attached hydrogens (tertiary/aromatic N) is 3. The minimum absolute atomic E-state index is 0.677. The highest BCUT2D eigenvalue weighted by Crippen LogP contribution is 2.13. The number of hydrogen-bond donors (Lipinski definition) is 1. The summed E-state index contributed by atoms with van der Waals surface area (Å²) in [6.07, 6.45) is 0. The van der Waals surface area contributed by atoms with Crippen molar-refractivity contribution in [1.82, 2.24) is 15.1 Å². The van der Waals surface area contributed by atoms with E-state index in [2.05, 4.69) is 58.7 Å². The van der Waals surface area contributed by atoms with Crippen molar-refractivity contribution in [3.8, 4) is 0 Å². The Balaban J connectivity index is 1.63. The van der Waals surface area contributed by atoms with Gasteiger partial charge in [-0.1, -0.05) is 54.6 Å². The fraction of sp³-hybridized carbons (Fsp3) is 0.409. The summed E-state index contributed by atoms with van der Waals surface area (Å²) >= 11 is 0. The molecule has 0 spiro atoms. The summed E-state index contributed by atoms with van der Waals surface area (Å²) in [6.45, 7) is 6.09. The highest BCUT2D eigenvalue weighted by Gasteiger charge is 2.13. The maximum absolute atomic E-state index is 5.46. The van der Waals surface area contributed by atoms with Gasteiger partial charge in [-0.2, -0.15) is 0 Å². The Morgan fingerprint density at radius 2 is 1.67 bits per heavy atom. The van der Waals surface area contributed by atoms with Crippen molar-refractivity contribution in [2.45, 2.75) is 19.6 Å². The molecule has 0 atom stereocenters. The second-order valence-corrected chi connectivity index (χ2v) is 7.03. The molecule has 3 rings (SSSR count). The predicted molar refractivity (Wildman–Crippen MR) is 111 cm³/mol. The molecule has 5 heteroatoms. The Hall–Kier alpha value is -2.37. The van der Waals surface area contributed by atoms with Crippen LogP contribution in [0.25, 0.3) is 0 Å². The summed E-state index contributed by atoms with van der Waals surface area (Å²) in [4.78, 5) is 9.25. The fourth-order valence-corrected chi connectivity index (χ4v) is 3.16. The molecule has 0 radical (unpaired) electrons. The van der Waals surface area contributed by atoms with Gasteiger partial charge < -0.3 is 15.0 Å². The summed E-state index contributed by atoms with van der Waals surface area (Å²) in [7, 11) is 4.05. The van der Waals surface area contributed by atoms with Gasteiger partial charge in [0.2, 0.25) is 0 Å². The molecule has 5 nitrogen and oxygen atoms in total. The summed E-state index contributed by atoms with van der Waals surface area (Å²) in [6, 6.07) is 19.0. The zero-order valence-corrected chi connectivity index (χ0v) is 16.4. The monoisotopic (exact) mass is 366 g/mol. The van der Waals surface area contributed by atoms with Gasteiger partial charge in [0.1, 0.15) is 0 Å². The normalized spacial score (nSPS) is 15.6. The summed E-state index contributed by atoms with van der Waals surface area (Å²) < 4.78 is 5.46. The number of rotatable bonds is 6. The van der Waals surface area contributed by atoms with E-state index in [0.29, 0.717) is 6.54 Å². The Morgan fingerprint density at radius 1 is 1.00 bits per heavy atom. The van der Waals surface area contributed by atoms with Crippen LogP contribution in [-0.4, -0.2) is 56.2 Å². The first-order chi connectivity index (χ1) is 13.2. The largest absolute Gasteiger partial charge is 0.379 e. The molecule has 0 saturated carbocycles. The topological polar surface area (TPSA) is 40.1 Å². The maximum atomic E-state index is 5.46. The van der Waals surface area contributed by atoms with Crippen LogP contribution >= 0.6 is 0 Å². The van der Waals surface area contributed by atoms with Crippen LogP contribution in [0.5, 0.6) is 0 Å². The van der Waals surface area contributed by atoms with E-state index in [1.807, 2.05) is 25.1 Å². The van der Waals surface area contributed by atoms with Gasteiger partial charge in [0.15, 0.2) is 5.96 Å².